The van der Waals surface area contributed by atoms with Gasteiger partial charge in [0.25, 0.3) is 0 Å². The zero-order chi connectivity index (χ0) is 13.9. The Morgan fingerprint density at radius 1 is 1.26 bits per heavy atom. The van der Waals surface area contributed by atoms with Gasteiger partial charge in [-0.3, -0.25) is 0 Å². The van der Waals surface area contributed by atoms with Gasteiger partial charge in [0, 0.05) is 7.11 Å². The van der Waals surface area contributed by atoms with E-state index in [2.05, 4.69) is 0 Å². The monoisotopic (exact) mass is 266 g/mol. The molecule has 0 fully saturated rings. The summed E-state index contributed by atoms with van der Waals surface area (Å²) < 4.78 is 16.3. The molecule has 1 aromatic carbocycles. The normalized spacial score (nSPS) is 16.2. The number of methoxy groups -OCH3 is 1. The van der Waals surface area contributed by atoms with E-state index in [1.54, 1.807) is 7.11 Å². The second-order valence-electron chi connectivity index (χ2n) is 5.42. The van der Waals surface area contributed by atoms with E-state index in [0.717, 1.165) is 17.7 Å². The average Bonchev–Trinajstić information content (AvgIpc) is 2.44. The first-order chi connectivity index (χ1) is 9.02. The maximum Gasteiger partial charge on any atom is 0.161 e. The van der Waals surface area contributed by atoms with Crippen LogP contribution in [0.15, 0.2) is 18.2 Å². The summed E-state index contributed by atoms with van der Waals surface area (Å²) in [6.45, 7) is 5.17. The number of aliphatic hydroxyl groups is 1. The van der Waals surface area contributed by atoms with Gasteiger partial charge in [0.15, 0.2) is 11.5 Å². The van der Waals surface area contributed by atoms with E-state index in [9.17, 15) is 5.11 Å². The Morgan fingerprint density at radius 3 is 2.63 bits per heavy atom. The Bertz CT molecular complexity index is 428. The minimum absolute atomic E-state index is 0.213. The van der Waals surface area contributed by atoms with Gasteiger partial charge in [0.05, 0.1) is 11.7 Å². The van der Waals surface area contributed by atoms with Crippen LogP contribution in [0.1, 0.15) is 38.4 Å². The minimum Gasteiger partial charge on any atom is -0.486 e. The predicted molar refractivity (Wildman–Crippen MR) is 72.7 cm³/mol. The highest BCUT2D eigenvalue weighted by Gasteiger charge is 2.20. The largest absolute Gasteiger partial charge is 0.486 e. The van der Waals surface area contributed by atoms with E-state index in [1.165, 1.54) is 0 Å². The molecule has 0 bridgehead atoms. The zero-order valence-corrected chi connectivity index (χ0v) is 11.8. The van der Waals surface area contributed by atoms with Crippen LogP contribution in [0.2, 0.25) is 0 Å². The fraction of sp³-hybridized carbons (Fsp3) is 0.600. The fourth-order valence-corrected chi connectivity index (χ4v) is 2.02. The number of hydrogen-bond donors (Lipinski definition) is 1. The van der Waals surface area contributed by atoms with E-state index in [-0.39, 0.29) is 5.60 Å². The number of rotatable bonds is 5. The molecule has 106 valence electrons. The van der Waals surface area contributed by atoms with Crippen LogP contribution in [0.4, 0.5) is 0 Å². The molecule has 1 atom stereocenters. The van der Waals surface area contributed by atoms with Crippen LogP contribution in [0.3, 0.4) is 0 Å². The molecule has 2 rings (SSSR count). The van der Waals surface area contributed by atoms with E-state index < -0.39 is 6.10 Å². The van der Waals surface area contributed by atoms with Crippen molar-refractivity contribution in [2.45, 2.75) is 38.4 Å². The first kappa shape index (κ1) is 14.2. The van der Waals surface area contributed by atoms with Crippen LogP contribution in [0.25, 0.3) is 0 Å². The van der Waals surface area contributed by atoms with Gasteiger partial charge < -0.3 is 19.3 Å². The summed E-state index contributed by atoms with van der Waals surface area (Å²) in [7, 11) is 1.69. The summed E-state index contributed by atoms with van der Waals surface area (Å²) in [5.41, 5.74) is 0.644. The van der Waals surface area contributed by atoms with Gasteiger partial charge >= 0.3 is 0 Å². The molecule has 0 saturated carbocycles. The molecule has 1 aliphatic heterocycles. The molecule has 1 aliphatic rings. The molecule has 0 saturated heterocycles. The maximum atomic E-state index is 10.2. The van der Waals surface area contributed by atoms with Crippen molar-refractivity contribution in [1.29, 1.82) is 0 Å². The molecule has 1 N–H and O–H groups in total. The molecule has 4 nitrogen and oxygen atoms in total. The van der Waals surface area contributed by atoms with E-state index in [0.29, 0.717) is 25.4 Å². The lowest BCUT2D eigenvalue weighted by molar-refractivity contribution is 0.00275. The van der Waals surface area contributed by atoms with E-state index in [4.69, 9.17) is 14.2 Å². The van der Waals surface area contributed by atoms with Crippen molar-refractivity contribution in [3.8, 4) is 11.5 Å². The van der Waals surface area contributed by atoms with Crippen LogP contribution in [0.5, 0.6) is 11.5 Å². The Hall–Kier alpha value is -1.26. The molecular weight excluding hydrogens is 244 g/mol. The fourth-order valence-electron chi connectivity index (χ4n) is 2.02. The second kappa shape index (κ2) is 5.80. The number of fused-ring (bicyclic) bond motifs is 1. The molecule has 0 aliphatic carbocycles. The van der Waals surface area contributed by atoms with Crippen molar-refractivity contribution in [1.82, 2.24) is 0 Å². The SMILES string of the molecule is COC(C)(C)CCC(O)c1ccc2c(c1)OCCO2. The Kier molecular flexibility index (Phi) is 4.32. The lowest BCUT2D eigenvalue weighted by atomic mass is 9.96. The molecule has 19 heavy (non-hydrogen) atoms. The highest BCUT2D eigenvalue weighted by molar-refractivity contribution is 5.44. The summed E-state index contributed by atoms with van der Waals surface area (Å²) in [4.78, 5) is 0. The van der Waals surface area contributed by atoms with Crippen LogP contribution < -0.4 is 9.47 Å². The van der Waals surface area contributed by atoms with Crippen LogP contribution in [-0.2, 0) is 4.74 Å². The Balaban J connectivity index is 2.01. The number of aliphatic hydroxyl groups excluding tert-OH is 1. The third-order valence-electron chi connectivity index (χ3n) is 3.52. The molecule has 0 spiro atoms. The lowest BCUT2D eigenvalue weighted by Crippen LogP contribution is -2.23. The first-order valence-corrected chi connectivity index (χ1v) is 6.64. The zero-order valence-electron chi connectivity index (χ0n) is 11.8. The highest BCUT2D eigenvalue weighted by atomic mass is 16.6. The van der Waals surface area contributed by atoms with Gasteiger partial charge in [-0.1, -0.05) is 6.07 Å². The molecule has 0 radical (unpaired) electrons. The second-order valence-corrected chi connectivity index (χ2v) is 5.42. The first-order valence-electron chi connectivity index (χ1n) is 6.64. The van der Waals surface area contributed by atoms with Crippen molar-refractivity contribution < 1.29 is 19.3 Å². The summed E-state index contributed by atoms with van der Waals surface area (Å²) in [6.07, 6.45) is 0.935. The highest BCUT2D eigenvalue weighted by Crippen LogP contribution is 2.34. The minimum atomic E-state index is -0.509. The maximum absolute atomic E-state index is 10.2. The van der Waals surface area contributed by atoms with Gasteiger partial charge in [0.1, 0.15) is 13.2 Å². The number of benzene rings is 1. The molecule has 1 aromatic rings. The van der Waals surface area contributed by atoms with Crippen molar-refractivity contribution in [3.63, 3.8) is 0 Å². The standard InChI is InChI=1S/C15H22O4/c1-15(2,17-3)7-6-12(16)11-4-5-13-14(10-11)19-9-8-18-13/h4-5,10,12,16H,6-9H2,1-3H3. The van der Waals surface area contributed by atoms with Gasteiger partial charge in [-0.05, 0) is 44.4 Å². The molecule has 1 heterocycles. The third-order valence-corrected chi connectivity index (χ3v) is 3.52. The van der Waals surface area contributed by atoms with Crippen molar-refractivity contribution >= 4 is 0 Å². The van der Waals surface area contributed by atoms with Gasteiger partial charge in [-0.15, -0.1) is 0 Å². The third kappa shape index (κ3) is 3.61. The quantitative estimate of drug-likeness (QED) is 0.890. The Labute approximate surface area is 114 Å². The molecule has 4 heteroatoms. The predicted octanol–water partition coefficient (Wildman–Crippen LogP) is 2.70. The van der Waals surface area contributed by atoms with Gasteiger partial charge in [0.2, 0.25) is 0 Å². The van der Waals surface area contributed by atoms with Crippen LogP contribution in [0, 0.1) is 0 Å². The summed E-state index contributed by atoms with van der Waals surface area (Å²) >= 11 is 0. The van der Waals surface area contributed by atoms with Crippen molar-refractivity contribution in [2.24, 2.45) is 0 Å². The van der Waals surface area contributed by atoms with Crippen molar-refractivity contribution in [3.05, 3.63) is 23.8 Å². The van der Waals surface area contributed by atoms with E-state index in [1.807, 2.05) is 32.0 Å². The lowest BCUT2D eigenvalue weighted by Gasteiger charge is -2.25. The van der Waals surface area contributed by atoms with Gasteiger partial charge in [-0.25, -0.2) is 0 Å². The van der Waals surface area contributed by atoms with Crippen LogP contribution in [-0.4, -0.2) is 31.0 Å². The summed E-state index contributed by atoms with van der Waals surface area (Å²) in [5.74, 6) is 1.47. The molecule has 0 aromatic heterocycles. The molecule has 1 unspecified atom stereocenters. The number of hydrogen-bond acceptors (Lipinski definition) is 4. The van der Waals surface area contributed by atoms with Gasteiger partial charge in [-0.2, -0.15) is 0 Å². The summed E-state index contributed by atoms with van der Waals surface area (Å²) in [6, 6.07) is 5.60. The summed E-state index contributed by atoms with van der Waals surface area (Å²) in [5, 5.41) is 10.2. The average molecular weight is 266 g/mol. The Morgan fingerprint density at radius 2 is 1.95 bits per heavy atom. The topological polar surface area (TPSA) is 47.9 Å². The van der Waals surface area contributed by atoms with Crippen molar-refractivity contribution in [2.75, 3.05) is 20.3 Å². The smallest absolute Gasteiger partial charge is 0.161 e. The van der Waals surface area contributed by atoms with Crippen LogP contribution >= 0.6 is 0 Å². The molecule has 0 amide bonds. The number of ether oxygens (including phenoxy) is 3. The molecular formula is C15H22O4. The van der Waals surface area contributed by atoms with E-state index >= 15 is 0 Å².